The van der Waals surface area contributed by atoms with Crippen LogP contribution < -0.4 is 11.1 Å². The molecule has 0 saturated carbocycles. The molecule has 19 heavy (non-hydrogen) atoms. The van der Waals surface area contributed by atoms with Crippen LogP contribution in [0.2, 0.25) is 0 Å². The van der Waals surface area contributed by atoms with Gasteiger partial charge in [-0.3, -0.25) is 4.98 Å². The van der Waals surface area contributed by atoms with Crippen LogP contribution in [-0.2, 0) is 4.74 Å². The van der Waals surface area contributed by atoms with Gasteiger partial charge in [0, 0.05) is 28.9 Å². The van der Waals surface area contributed by atoms with Crippen molar-refractivity contribution in [3.05, 3.63) is 28.9 Å². The molecular weight excluding hydrogens is 310 g/mol. The zero-order valence-corrected chi connectivity index (χ0v) is 12.1. The lowest BCUT2D eigenvalue weighted by Crippen LogP contribution is -2.28. The first-order chi connectivity index (χ1) is 9.15. The summed E-state index contributed by atoms with van der Waals surface area (Å²) in [5, 5.41) is 13.4. The van der Waals surface area contributed by atoms with E-state index in [9.17, 15) is 5.11 Å². The quantitative estimate of drug-likeness (QED) is 0.732. The number of nitrogens with two attached hydrogens (primary N) is 1. The van der Waals surface area contributed by atoms with E-state index >= 15 is 0 Å². The summed E-state index contributed by atoms with van der Waals surface area (Å²) in [5.74, 6) is 0. The van der Waals surface area contributed by atoms with Crippen molar-refractivity contribution in [3.63, 3.8) is 0 Å². The molecule has 0 bridgehead atoms. The van der Waals surface area contributed by atoms with Gasteiger partial charge in [0.2, 0.25) is 0 Å². The smallest absolute Gasteiger partial charge is 0.0954 e. The third-order valence-corrected chi connectivity index (χ3v) is 3.23. The number of benzene rings is 1. The van der Waals surface area contributed by atoms with Crippen LogP contribution in [0.15, 0.2) is 28.9 Å². The molecule has 2 rings (SSSR count). The molecule has 5 nitrogen and oxygen atoms in total. The van der Waals surface area contributed by atoms with Crippen LogP contribution in [0, 0.1) is 0 Å². The average Bonchev–Trinajstić information content (AvgIpc) is 2.41. The Bertz CT molecular complexity index is 577. The van der Waals surface area contributed by atoms with Gasteiger partial charge in [-0.15, -0.1) is 0 Å². The van der Waals surface area contributed by atoms with Crippen molar-refractivity contribution in [1.29, 1.82) is 0 Å². The Morgan fingerprint density at radius 3 is 3.00 bits per heavy atom. The molecule has 102 valence electrons. The Labute approximate surface area is 119 Å². The maximum Gasteiger partial charge on any atom is 0.0954 e. The molecule has 0 fully saturated rings. The third kappa shape index (κ3) is 3.15. The molecule has 4 N–H and O–H groups in total. The van der Waals surface area contributed by atoms with Crippen LogP contribution in [0.3, 0.4) is 0 Å². The number of aliphatic hydroxyl groups is 1. The van der Waals surface area contributed by atoms with E-state index < -0.39 is 0 Å². The molecule has 0 radical (unpaired) electrons. The maximum atomic E-state index is 9.29. The second-order valence-electron chi connectivity index (χ2n) is 4.23. The monoisotopic (exact) mass is 325 g/mol. The van der Waals surface area contributed by atoms with Crippen LogP contribution in [0.4, 0.5) is 11.4 Å². The van der Waals surface area contributed by atoms with Gasteiger partial charge < -0.3 is 20.9 Å². The number of pyridine rings is 1. The molecule has 1 aromatic heterocycles. The fourth-order valence-corrected chi connectivity index (χ4v) is 2.22. The second-order valence-corrected chi connectivity index (χ2v) is 5.15. The number of nitrogens with zero attached hydrogens (tertiary/aromatic N) is 1. The zero-order chi connectivity index (χ0) is 13.8. The second kappa shape index (κ2) is 6.18. The summed E-state index contributed by atoms with van der Waals surface area (Å²) in [6.07, 6.45) is 1.72. The number of nitrogen functional groups attached to an aromatic ring is 1. The number of fused-ring (bicyclic) bond motifs is 1. The molecular formula is C13H16BrN3O2. The third-order valence-electron chi connectivity index (χ3n) is 2.80. The van der Waals surface area contributed by atoms with Gasteiger partial charge in [0.15, 0.2) is 0 Å². The first-order valence-corrected chi connectivity index (χ1v) is 6.65. The van der Waals surface area contributed by atoms with Crippen LogP contribution in [0.5, 0.6) is 0 Å². The van der Waals surface area contributed by atoms with E-state index in [2.05, 4.69) is 26.2 Å². The summed E-state index contributed by atoms with van der Waals surface area (Å²) in [6, 6.07) is 5.42. The number of anilines is 2. The van der Waals surface area contributed by atoms with Gasteiger partial charge in [-0.05, 0) is 34.1 Å². The zero-order valence-electron chi connectivity index (χ0n) is 10.6. The van der Waals surface area contributed by atoms with Crippen LogP contribution in [0.1, 0.15) is 0 Å². The first kappa shape index (κ1) is 14.0. The highest BCUT2D eigenvalue weighted by molar-refractivity contribution is 9.10. The fraction of sp³-hybridized carbons (Fsp3) is 0.308. The fourth-order valence-electron chi connectivity index (χ4n) is 1.89. The van der Waals surface area contributed by atoms with Gasteiger partial charge in [-0.1, -0.05) is 0 Å². The highest BCUT2D eigenvalue weighted by Crippen LogP contribution is 2.29. The standard InChI is InChI=1S/C13H16BrN3O2/c1-19-7-9(6-18)17-12-3-2-11(15)10-4-8(14)5-16-13(10)12/h2-5,9,17-18H,6-7,15H2,1H3. The van der Waals surface area contributed by atoms with E-state index in [1.807, 2.05) is 18.2 Å². The SMILES string of the molecule is COCC(CO)Nc1ccc(N)c2cc(Br)cnc12. The van der Waals surface area contributed by atoms with Crippen molar-refractivity contribution in [2.45, 2.75) is 6.04 Å². The van der Waals surface area contributed by atoms with E-state index in [1.165, 1.54) is 0 Å². The van der Waals surface area contributed by atoms with Crippen LogP contribution >= 0.6 is 15.9 Å². The summed E-state index contributed by atoms with van der Waals surface area (Å²) in [6.45, 7) is 0.398. The number of hydrogen-bond acceptors (Lipinski definition) is 5. The molecule has 0 aliphatic carbocycles. The van der Waals surface area contributed by atoms with Crippen molar-refractivity contribution >= 4 is 38.2 Å². The summed E-state index contributed by atoms with van der Waals surface area (Å²) < 4.78 is 5.92. The molecule has 1 atom stereocenters. The van der Waals surface area contributed by atoms with E-state index in [-0.39, 0.29) is 12.6 Å². The van der Waals surface area contributed by atoms with Crippen molar-refractivity contribution in [1.82, 2.24) is 4.98 Å². The number of methoxy groups -OCH3 is 1. The number of hydrogen-bond donors (Lipinski definition) is 3. The minimum absolute atomic E-state index is 0.0176. The summed E-state index contributed by atoms with van der Waals surface area (Å²) in [5.41, 5.74) is 8.22. The van der Waals surface area contributed by atoms with E-state index in [1.54, 1.807) is 13.3 Å². The van der Waals surface area contributed by atoms with Crippen molar-refractivity contribution in [2.75, 3.05) is 31.4 Å². The molecule has 0 saturated heterocycles. The van der Waals surface area contributed by atoms with Gasteiger partial charge in [-0.2, -0.15) is 0 Å². The summed E-state index contributed by atoms with van der Waals surface area (Å²) in [7, 11) is 1.60. The molecule has 6 heteroatoms. The lowest BCUT2D eigenvalue weighted by Gasteiger charge is -2.18. The van der Waals surface area contributed by atoms with E-state index in [0.29, 0.717) is 12.3 Å². The number of nitrogens with one attached hydrogen (secondary N) is 1. The first-order valence-electron chi connectivity index (χ1n) is 5.85. The molecule has 1 unspecified atom stereocenters. The Balaban J connectivity index is 2.41. The predicted octanol–water partition coefficient (Wildman–Crippen LogP) is 2.00. The van der Waals surface area contributed by atoms with E-state index in [4.69, 9.17) is 10.5 Å². The number of ether oxygens (including phenoxy) is 1. The predicted molar refractivity (Wildman–Crippen MR) is 80.2 cm³/mol. The summed E-state index contributed by atoms with van der Waals surface area (Å²) >= 11 is 3.38. The van der Waals surface area contributed by atoms with Crippen molar-refractivity contribution in [3.8, 4) is 0 Å². The summed E-state index contributed by atoms with van der Waals surface area (Å²) in [4.78, 5) is 4.38. The minimum Gasteiger partial charge on any atom is -0.398 e. The van der Waals surface area contributed by atoms with Gasteiger partial charge in [0.05, 0.1) is 30.5 Å². The number of aromatic nitrogens is 1. The van der Waals surface area contributed by atoms with Gasteiger partial charge in [0.25, 0.3) is 0 Å². The normalized spacial score (nSPS) is 12.6. The molecule has 0 amide bonds. The highest BCUT2D eigenvalue weighted by atomic mass is 79.9. The van der Waals surface area contributed by atoms with Gasteiger partial charge >= 0.3 is 0 Å². The van der Waals surface area contributed by atoms with E-state index in [0.717, 1.165) is 21.1 Å². The number of halogens is 1. The molecule has 0 aliphatic rings. The Morgan fingerprint density at radius 1 is 1.53 bits per heavy atom. The lowest BCUT2D eigenvalue weighted by molar-refractivity contribution is 0.153. The minimum atomic E-state index is -0.178. The molecule has 0 aliphatic heterocycles. The average molecular weight is 326 g/mol. The topological polar surface area (TPSA) is 80.4 Å². The Morgan fingerprint density at radius 2 is 2.32 bits per heavy atom. The van der Waals surface area contributed by atoms with Crippen LogP contribution in [0.25, 0.3) is 10.9 Å². The highest BCUT2D eigenvalue weighted by Gasteiger charge is 2.11. The maximum absolute atomic E-state index is 9.29. The van der Waals surface area contributed by atoms with Crippen molar-refractivity contribution in [2.24, 2.45) is 0 Å². The number of aliphatic hydroxyl groups excluding tert-OH is 1. The molecule has 0 spiro atoms. The molecule has 1 heterocycles. The number of rotatable bonds is 5. The largest absolute Gasteiger partial charge is 0.398 e. The lowest BCUT2D eigenvalue weighted by atomic mass is 10.1. The van der Waals surface area contributed by atoms with Gasteiger partial charge in [0.1, 0.15) is 0 Å². The van der Waals surface area contributed by atoms with Gasteiger partial charge in [-0.25, -0.2) is 0 Å². The van der Waals surface area contributed by atoms with Crippen molar-refractivity contribution < 1.29 is 9.84 Å². The molecule has 2 aromatic rings. The Kier molecular flexibility index (Phi) is 4.57. The molecule has 1 aromatic carbocycles. The Hall–Kier alpha value is -1.37. The van der Waals surface area contributed by atoms with Crippen LogP contribution in [-0.4, -0.2) is 36.5 Å².